The summed E-state index contributed by atoms with van der Waals surface area (Å²) in [5.74, 6) is 2.26. The Kier molecular flexibility index (Phi) is 7.38. The zero-order chi connectivity index (χ0) is 20.6. The Morgan fingerprint density at radius 2 is 1.62 bits per heavy atom. The Balaban J connectivity index is 0.000000755. The summed E-state index contributed by atoms with van der Waals surface area (Å²) in [6, 6.07) is 25.0. The maximum absolute atomic E-state index is 8.12. The smallest absolute Gasteiger partial charge is 0.186 e. The van der Waals surface area contributed by atoms with Crippen LogP contribution in [0.15, 0.2) is 66.7 Å². The summed E-state index contributed by atoms with van der Waals surface area (Å²) in [5, 5.41) is 2.81. The molecule has 3 atom stereocenters. The number of benzene rings is 3. The zero-order valence-corrected chi connectivity index (χ0v) is 17.4. The fourth-order valence-electron chi connectivity index (χ4n) is 4.92. The van der Waals surface area contributed by atoms with Gasteiger partial charge in [-0.1, -0.05) is 80.6 Å². The SMILES string of the molecule is CCc1ccc([C@@H]2CC[C@H](C[C@H](C)c3cccc4ccccc34)C2)cc1.O=C=O. The van der Waals surface area contributed by atoms with E-state index < -0.39 is 0 Å². The molecule has 2 heteroatoms. The van der Waals surface area contributed by atoms with E-state index in [9.17, 15) is 0 Å². The molecule has 1 fully saturated rings. The van der Waals surface area contributed by atoms with E-state index in [0.717, 1.165) is 18.3 Å². The molecule has 1 aliphatic carbocycles. The van der Waals surface area contributed by atoms with Crippen molar-refractivity contribution in [2.75, 3.05) is 0 Å². The molecule has 1 aliphatic rings. The van der Waals surface area contributed by atoms with Crippen molar-refractivity contribution in [1.29, 1.82) is 0 Å². The van der Waals surface area contributed by atoms with Crippen molar-refractivity contribution >= 4 is 16.9 Å². The van der Waals surface area contributed by atoms with Gasteiger partial charge in [0.1, 0.15) is 0 Å². The molecule has 4 rings (SSSR count). The fourth-order valence-corrected chi connectivity index (χ4v) is 4.92. The van der Waals surface area contributed by atoms with Gasteiger partial charge < -0.3 is 0 Å². The summed E-state index contributed by atoms with van der Waals surface area (Å²) in [5.41, 5.74) is 4.54. The van der Waals surface area contributed by atoms with Gasteiger partial charge in [0, 0.05) is 0 Å². The molecule has 0 spiro atoms. The maximum atomic E-state index is 8.12. The predicted molar refractivity (Wildman–Crippen MR) is 118 cm³/mol. The van der Waals surface area contributed by atoms with Crippen LogP contribution in [-0.4, -0.2) is 6.15 Å². The van der Waals surface area contributed by atoms with Gasteiger partial charge in [-0.2, -0.15) is 9.59 Å². The lowest BCUT2D eigenvalue weighted by molar-refractivity contribution is -0.191. The lowest BCUT2D eigenvalue weighted by Crippen LogP contribution is -2.03. The van der Waals surface area contributed by atoms with Crippen LogP contribution in [0.25, 0.3) is 10.8 Å². The van der Waals surface area contributed by atoms with Gasteiger partial charge in [0.05, 0.1) is 0 Å². The highest BCUT2D eigenvalue weighted by Gasteiger charge is 2.27. The van der Waals surface area contributed by atoms with E-state index in [1.165, 1.54) is 47.6 Å². The van der Waals surface area contributed by atoms with E-state index in [-0.39, 0.29) is 6.15 Å². The first-order valence-electron chi connectivity index (χ1n) is 10.7. The second-order valence-corrected chi connectivity index (χ2v) is 8.26. The Bertz CT molecular complexity index is 946. The standard InChI is InChI=1S/C26H30.CO2/c1-3-20-11-14-22(15-12-20)24-16-13-21(18-24)17-19(2)25-10-6-8-23-7-4-5-9-26(23)25;2-1-3/h4-12,14-15,19,21,24H,3,13,16-18H2,1-2H3;/t19-,21+,24+;/m0./s1. The molecule has 0 heterocycles. The third-order valence-corrected chi connectivity index (χ3v) is 6.44. The van der Waals surface area contributed by atoms with Crippen molar-refractivity contribution < 1.29 is 9.59 Å². The van der Waals surface area contributed by atoms with Crippen LogP contribution in [0.3, 0.4) is 0 Å². The van der Waals surface area contributed by atoms with Crippen LogP contribution in [0.4, 0.5) is 0 Å². The molecule has 0 N–H and O–H groups in total. The van der Waals surface area contributed by atoms with Gasteiger partial charge in [0.15, 0.2) is 0 Å². The van der Waals surface area contributed by atoms with Crippen LogP contribution in [0, 0.1) is 5.92 Å². The van der Waals surface area contributed by atoms with Crippen molar-refractivity contribution in [3.63, 3.8) is 0 Å². The van der Waals surface area contributed by atoms with E-state index in [1.807, 2.05) is 0 Å². The van der Waals surface area contributed by atoms with Crippen LogP contribution < -0.4 is 0 Å². The molecule has 0 unspecified atom stereocenters. The molecule has 1 saturated carbocycles. The molecule has 0 saturated heterocycles. The van der Waals surface area contributed by atoms with E-state index in [0.29, 0.717) is 5.92 Å². The molecule has 150 valence electrons. The summed E-state index contributed by atoms with van der Waals surface area (Å²) in [6.07, 6.45) is 6.81. The first-order chi connectivity index (χ1) is 14.2. The molecule has 29 heavy (non-hydrogen) atoms. The summed E-state index contributed by atoms with van der Waals surface area (Å²) >= 11 is 0. The fraction of sp³-hybridized carbons (Fsp3) is 0.370. The van der Waals surface area contributed by atoms with E-state index in [1.54, 1.807) is 5.56 Å². The number of aryl methyl sites for hydroxylation is 1. The summed E-state index contributed by atoms with van der Waals surface area (Å²) in [6.45, 7) is 4.65. The quantitative estimate of drug-likeness (QED) is 0.478. The Labute approximate surface area is 174 Å². The van der Waals surface area contributed by atoms with Gasteiger partial charge in [-0.3, -0.25) is 0 Å². The molecule has 2 nitrogen and oxygen atoms in total. The van der Waals surface area contributed by atoms with Crippen molar-refractivity contribution in [1.82, 2.24) is 0 Å². The van der Waals surface area contributed by atoms with Gasteiger partial charge >= 0.3 is 6.15 Å². The molecule has 0 radical (unpaired) electrons. The van der Waals surface area contributed by atoms with Crippen molar-refractivity contribution in [3.05, 3.63) is 83.4 Å². The number of carbonyl (C=O) groups excluding carboxylic acids is 2. The monoisotopic (exact) mass is 386 g/mol. The van der Waals surface area contributed by atoms with Crippen molar-refractivity contribution in [2.45, 2.75) is 57.8 Å². The van der Waals surface area contributed by atoms with Crippen LogP contribution in [0.5, 0.6) is 0 Å². The molecular weight excluding hydrogens is 356 g/mol. The lowest BCUT2D eigenvalue weighted by atomic mass is 9.86. The number of hydrogen-bond acceptors (Lipinski definition) is 2. The second-order valence-electron chi connectivity index (χ2n) is 8.26. The van der Waals surface area contributed by atoms with Crippen LogP contribution in [0.1, 0.15) is 68.1 Å². The van der Waals surface area contributed by atoms with E-state index >= 15 is 0 Å². The molecule has 0 aromatic heterocycles. The van der Waals surface area contributed by atoms with E-state index in [2.05, 4.69) is 80.6 Å². The highest BCUT2D eigenvalue weighted by Crippen LogP contribution is 2.43. The zero-order valence-electron chi connectivity index (χ0n) is 17.4. The third-order valence-electron chi connectivity index (χ3n) is 6.44. The maximum Gasteiger partial charge on any atom is 0.373 e. The van der Waals surface area contributed by atoms with Crippen LogP contribution in [0.2, 0.25) is 0 Å². The van der Waals surface area contributed by atoms with Gasteiger partial charge in [-0.05, 0) is 77.3 Å². The minimum absolute atomic E-state index is 0.250. The first-order valence-corrected chi connectivity index (χ1v) is 10.7. The molecular formula is C27H30O2. The molecule has 0 amide bonds. The highest BCUT2D eigenvalue weighted by atomic mass is 16.2. The first kappa shape index (κ1) is 21.0. The average Bonchev–Trinajstić information content (AvgIpc) is 3.22. The van der Waals surface area contributed by atoms with E-state index in [4.69, 9.17) is 9.59 Å². The van der Waals surface area contributed by atoms with Crippen LogP contribution in [-0.2, 0) is 16.0 Å². The average molecular weight is 387 g/mol. The highest BCUT2D eigenvalue weighted by molar-refractivity contribution is 5.86. The lowest BCUT2D eigenvalue weighted by Gasteiger charge is -2.19. The summed E-state index contributed by atoms with van der Waals surface area (Å²) in [4.78, 5) is 16.2. The molecule has 0 aliphatic heterocycles. The van der Waals surface area contributed by atoms with Crippen LogP contribution >= 0.6 is 0 Å². The number of hydrogen-bond donors (Lipinski definition) is 0. The normalized spacial score (nSPS) is 19.2. The van der Waals surface area contributed by atoms with Gasteiger partial charge in [-0.25, -0.2) is 0 Å². The predicted octanol–water partition coefficient (Wildman–Crippen LogP) is 6.90. The van der Waals surface area contributed by atoms with Crippen molar-refractivity contribution in [2.24, 2.45) is 5.92 Å². The second kappa shape index (κ2) is 10.2. The molecule has 0 bridgehead atoms. The Morgan fingerprint density at radius 3 is 2.34 bits per heavy atom. The van der Waals surface area contributed by atoms with Gasteiger partial charge in [-0.15, -0.1) is 0 Å². The van der Waals surface area contributed by atoms with Gasteiger partial charge in [0.2, 0.25) is 0 Å². The topological polar surface area (TPSA) is 34.1 Å². The Hall–Kier alpha value is -2.70. The molecule has 3 aromatic carbocycles. The number of fused-ring (bicyclic) bond motifs is 1. The third kappa shape index (κ3) is 5.22. The number of rotatable bonds is 5. The molecule has 3 aromatic rings. The minimum atomic E-state index is 0.250. The summed E-state index contributed by atoms with van der Waals surface area (Å²) in [7, 11) is 0. The largest absolute Gasteiger partial charge is 0.373 e. The van der Waals surface area contributed by atoms with Crippen molar-refractivity contribution in [3.8, 4) is 0 Å². The Morgan fingerprint density at radius 1 is 0.931 bits per heavy atom. The minimum Gasteiger partial charge on any atom is -0.186 e. The summed E-state index contributed by atoms with van der Waals surface area (Å²) < 4.78 is 0. The van der Waals surface area contributed by atoms with Gasteiger partial charge in [0.25, 0.3) is 0 Å².